The second kappa shape index (κ2) is 3.15. The van der Waals surface area contributed by atoms with Crippen molar-refractivity contribution in [2.75, 3.05) is 13.4 Å². The molecule has 4 nitrogen and oxygen atoms in total. The monoisotopic (exact) mass is 195 g/mol. The summed E-state index contributed by atoms with van der Waals surface area (Å²) in [5.74, 6) is 1.41. The van der Waals surface area contributed by atoms with Crippen molar-refractivity contribution in [2.24, 2.45) is 5.73 Å². The number of hydrogen-bond acceptors (Lipinski definition) is 4. The minimum atomic E-state index is -0.735. The van der Waals surface area contributed by atoms with Gasteiger partial charge in [0, 0.05) is 0 Å². The first-order valence-electron chi connectivity index (χ1n) is 4.43. The molecule has 0 spiro atoms. The molecular weight excluding hydrogens is 182 g/mol. The van der Waals surface area contributed by atoms with Crippen LogP contribution in [0.3, 0.4) is 0 Å². The fourth-order valence-electron chi connectivity index (χ4n) is 1.34. The van der Waals surface area contributed by atoms with E-state index in [9.17, 15) is 0 Å². The molecule has 0 bridgehead atoms. The molecule has 0 aliphatic carbocycles. The van der Waals surface area contributed by atoms with Crippen LogP contribution in [-0.4, -0.2) is 18.5 Å². The first kappa shape index (κ1) is 9.30. The maximum absolute atomic E-state index is 9.10. The quantitative estimate of drug-likeness (QED) is 0.724. The Morgan fingerprint density at radius 3 is 2.86 bits per heavy atom. The molecule has 1 aromatic carbocycles. The Balaban J connectivity index is 2.38. The predicted molar refractivity (Wildman–Crippen MR) is 51.2 cm³/mol. The molecule has 1 unspecified atom stereocenters. The normalized spacial score (nSPS) is 17.9. The Bertz CT molecular complexity index is 349. The van der Waals surface area contributed by atoms with Gasteiger partial charge in [0.05, 0.1) is 12.1 Å². The van der Waals surface area contributed by atoms with Gasteiger partial charge in [-0.05, 0) is 24.6 Å². The zero-order valence-electron chi connectivity index (χ0n) is 7.99. The van der Waals surface area contributed by atoms with Crippen molar-refractivity contribution in [1.29, 1.82) is 0 Å². The van der Waals surface area contributed by atoms with Crippen molar-refractivity contribution in [3.05, 3.63) is 23.8 Å². The zero-order valence-corrected chi connectivity index (χ0v) is 7.99. The molecule has 4 heteroatoms. The minimum Gasteiger partial charge on any atom is -0.454 e. The van der Waals surface area contributed by atoms with Gasteiger partial charge in [0.2, 0.25) is 6.79 Å². The Kier molecular flexibility index (Phi) is 2.09. The third kappa shape index (κ3) is 1.42. The van der Waals surface area contributed by atoms with Crippen LogP contribution in [0.1, 0.15) is 12.5 Å². The summed E-state index contributed by atoms with van der Waals surface area (Å²) in [6, 6.07) is 5.45. The smallest absolute Gasteiger partial charge is 0.231 e. The van der Waals surface area contributed by atoms with Crippen LogP contribution < -0.4 is 15.2 Å². The average Bonchev–Trinajstić information content (AvgIpc) is 2.64. The predicted octanol–water partition coefficient (Wildman–Crippen LogP) is 0.581. The van der Waals surface area contributed by atoms with Crippen LogP contribution >= 0.6 is 0 Å². The van der Waals surface area contributed by atoms with E-state index in [0.29, 0.717) is 5.75 Å². The second-order valence-corrected chi connectivity index (χ2v) is 3.64. The van der Waals surface area contributed by atoms with E-state index in [-0.39, 0.29) is 13.4 Å². The van der Waals surface area contributed by atoms with Gasteiger partial charge in [0.1, 0.15) is 0 Å². The summed E-state index contributed by atoms with van der Waals surface area (Å²) in [4.78, 5) is 0. The summed E-state index contributed by atoms with van der Waals surface area (Å²) in [6.07, 6.45) is 0. The van der Waals surface area contributed by atoms with E-state index in [4.69, 9.17) is 20.3 Å². The van der Waals surface area contributed by atoms with Gasteiger partial charge in [-0.25, -0.2) is 0 Å². The fourth-order valence-corrected chi connectivity index (χ4v) is 1.34. The zero-order chi connectivity index (χ0) is 10.2. The van der Waals surface area contributed by atoms with Crippen molar-refractivity contribution in [3.8, 4) is 11.5 Å². The lowest BCUT2D eigenvalue weighted by atomic mass is 9.94. The van der Waals surface area contributed by atoms with E-state index in [1.54, 1.807) is 19.1 Å². The van der Waals surface area contributed by atoms with Crippen molar-refractivity contribution in [3.63, 3.8) is 0 Å². The van der Waals surface area contributed by atoms with E-state index in [2.05, 4.69) is 0 Å². The molecule has 0 amide bonds. The van der Waals surface area contributed by atoms with Gasteiger partial charge in [0.25, 0.3) is 0 Å². The van der Waals surface area contributed by atoms with Crippen LogP contribution in [-0.2, 0) is 5.54 Å². The largest absolute Gasteiger partial charge is 0.454 e. The fraction of sp³-hybridized carbons (Fsp3) is 0.400. The number of nitrogens with two attached hydrogens (primary N) is 1. The van der Waals surface area contributed by atoms with E-state index in [1.165, 1.54) is 0 Å². The van der Waals surface area contributed by atoms with E-state index in [1.807, 2.05) is 6.07 Å². The minimum absolute atomic E-state index is 0.105. The first-order valence-corrected chi connectivity index (χ1v) is 4.43. The molecule has 0 radical (unpaired) electrons. The molecule has 2 rings (SSSR count). The van der Waals surface area contributed by atoms with Crippen LogP contribution in [0.15, 0.2) is 18.2 Å². The molecule has 14 heavy (non-hydrogen) atoms. The Labute approximate surface area is 82.2 Å². The van der Waals surface area contributed by atoms with Crippen LogP contribution in [0.5, 0.6) is 11.5 Å². The van der Waals surface area contributed by atoms with Gasteiger partial charge in [-0.1, -0.05) is 6.07 Å². The molecule has 1 aliphatic rings. The molecule has 0 fully saturated rings. The summed E-state index contributed by atoms with van der Waals surface area (Å²) in [5.41, 5.74) is 5.99. The Morgan fingerprint density at radius 1 is 1.43 bits per heavy atom. The molecule has 0 aromatic heterocycles. The summed E-state index contributed by atoms with van der Waals surface area (Å²) >= 11 is 0. The highest BCUT2D eigenvalue weighted by molar-refractivity contribution is 5.46. The van der Waals surface area contributed by atoms with Gasteiger partial charge in [0.15, 0.2) is 11.5 Å². The van der Waals surface area contributed by atoms with Crippen LogP contribution in [0, 0.1) is 0 Å². The summed E-state index contributed by atoms with van der Waals surface area (Å²) in [5, 5.41) is 9.10. The van der Waals surface area contributed by atoms with Gasteiger partial charge in [-0.15, -0.1) is 0 Å². The Hall–Kier alpha value is -1.26. The third-order valence-electron chi connectivity index (χ3n) is 2.36. The number of benzene rings is 1. The lowest BCUT2D eigenvalue weighted by molar-refractivity contribution is 0.173. The molecule has 76 valence electrons. The molecule has 1 atom stereocenters. The molecule has 1 aliphatic heterocycles. The molecule has 3 N–H and O–H groups in total. The molecular formula is C10H13NO3. The lowest BCUT2D eigenvalue weighted by Crippen LogP contribution is -2.36. The van der Waals surface area contributed by atoms with Gasteiger partial charge < -0.3 is 20.3 Å². The van der Waals surface area contributed by atoms with Crippen molar-refractivity contribution >= 4 is 0 Å². The van der Waals surface area contributed by atoms with E-state index >= 15 is 0 Å². The Morgan fingerprint density at radius 2 is 2.14 bits per heavy atom. The van der Waals surface area contributed by atoms with Crippen LogP contribution in [0.2, 0.25) is 0 Å². The molecule has 0 saturated carbocycles. The highest BCUT2D eigenvalue weighted by Crippen LogP contribution is 2.34. The maximum atomic E-state index is 9.10. The first-order chi connectivity index (χ1) is 6.63. The number of aliphatic hydroxyl groups is 1. The van der Waals surface area contributed by atoms with Crippen molar-refractivity contribution in [2.45, 2.75) is 12.5 Å². The highest BCUT2D eigenvalue weighted by Gasteiger charge is 2.23. The topological polar surface area (TPSA) is 64.7 Å². The van der Waals surface area contributed by atoms with Crippen LogP contribution in [0.4, 0.5) is 0 Å². The number of rotatable bonds is 2. The average molecular weight is 195 g/mol. The van der Waals surface area contributed by atoms with E-state index in [0.717, 1.165) is 11.3 Å². The standard InChI is InChI=1S/C10H13NO3/c1-10(11,5-12)7-2-3-8-9(4-7)14-6-13-8/h2-4,12H,5-6,11H2,1H3. The summed E-state index contributed by atoms with van der Waals surface area (Å²) in [6.45, 7) is 1.91. The number of hydrogen-bond donors (Lipinski definition) is 2. The lowest BCUT2D eigenvalue weighted by Gasteiger charge is -2.22. The third-order valence-corrected chi connectivity index (χ3v) is 2.36. The number of aliphatic hydroxyl groups excluding tert-OH is 1. The second-order valence-electron chi connectivity index (χ2n) is 3.64. The number of fused-ring (bicyclic) bond motifs is 1. The maximum Gasteiger partial charge on any atom is 0.231 e. The van der Waals surface area contributed by atoms with E-state index < -0.39 is 5.54 Å². The highest BCUT2D eigenvalue weighted by atomic mass is 16.7. The number of ether oxygens (including phenoxy) is 2. The van der Waals surface area contributed by atoms with Crippen molar-refractivity contribution < 1.29 is 14.6 Å². The van der Waals surface area contributed by atoms with Gasteiger partial charge in [-0.2, -0.15) is 0 Å². The van der Waals surface area contributed by atoms with Crippen molar-refractivity contribution in [1.82, 2.24) is 0 Å². The molecule has 1 heterocycles. The summed E-state index contributed by atoms with van der Waals surface area (Å²) < 4.78 is 10.4. The SMILES string of the molecule is CC(N)(CO)c1ccc2c(c1)OCO2. The molecule has 0 saturated heterocycles. The summed E-state index contributed by atoms with van der Waals surface area (Å²) in [7, 11) is 0. The van der Waals surface area contributed by atoms with Gasteiger partial charge >= 0.3 is 0 Å². The van der Waals surface area contributed by atoms with Gasteiger partial charge in [-0.3, -0.25) is 0 Å². The molecule has 1 aromatic rings. The van der Waals surface area contributed by atoms with Crippen LogP contribution in [0.25, 0.3) is 0 Å².